The number of pyridine rings is 2. The van der Waals surface area contributed by atoms with Gasteiger partial charge in [-0.2, -0.15) is 0 Å². The van der Waals surface area contributed by atoms with Gasteiger partial charge in [0.2, 0.25) is 0 Å². The summed E-state index contributed by atoms with van der Waals surface area (Å²) in [5, 5.41) is 2.57. The smallest absolute Gasteiger partial charge is 0.145 e. The fraction of sp³-hybridized carbons (Fsp3) is 0.0588. The molecule has 0 amide bonds. The Morgan fingerprint density at radius 3 is 3.00 bits per heavy atom. The van der Waals surface area contributed by atoms with E-state index in [4.69, 9.17) is 23.2 Å². The zero-order valence-corrected chi connectivity index (χ0v) is 15.0. The third-order valence-electron chi connectivity index (χ3n) is 3.68. The van der Waals surface area contributed by atoms with Crippen LogP contribution in [0.1, 0.15) is 21.0 Å². The number of hydrogen-bond acceptors (Lipinski definition) is 4. The second-order valence-electron chi connectivity index (χ2n) is 5.35. The normalized spacial score (nSPS) is 11.3. The number of H-pyrrole nitrogens is 1. The molecule has 1 radical (unpaired) electrons. The molecule has 0 aromatic carbocycles. The molecule has 0 saturated carbocycles. The van der Waals surface area contributed by atoms with Crippen molar-refractivity contribution in [3.05, 3.63) is 80.3 Å². The van der Waals surface area contributed by atoms with Crippen molar-refractivity contribution in [3.63, 3.8) is 0 Å². The number of nitrogens with zero attached hydrogens (tertiary/aromatic N) is 3. The highest BCUT2D eigenvalue weighted by Crippen LogP contribution is 2.31. The highest BCUT2D eigenvalue weighted by molar-refractivity contribution is 7.12. The van der Waals surface area contributed by atoms with Crippen LogP contribution in [0.2, 0.25) is 10.2 Å². The summed E-state index contributed by atoms with van der Waals surface area (Å²) in [6.45, 7) is 0. The Morgan fingerprint density at radius 1 is 1.28 bits per heavy atom. The summed E-state index contributed by atoms with van der Waals surface area (Å²) in [5.41, 5.74) is 2.22. The Labute approximate surface area is 156 Å². The zero-order valence-electron chi connectivity index (χ0n) is 12.6. The highest BCUT2D eigenvalue weighted by atomic mass is 35.5. The number of hydrogen-bond donors (Lipinski definition) is 1. The Kier molecular flexibility index (Phi) is 4.41. The van der Waals surface area contributed by atoms with E-state index in [0.717, 1.165) is 21.5 Å². The second kappa shape index (κ2) is 6.71. The number of nitrogens with one attached hydrogen (secondary N) is 1. The van der Waals surface area contributed by atoms with Crippen LogP contribution in [-0.2, 0) is 6.42 Å². The molecule has 0 fully saturated rings. The van der Waals surface area contributed by atoms with Crippen LogP contribution in [0.3, 0.4) is 0 Å². The van der Waals surface area contributed by atoms with Gasteiger partial charge in [0.05, 0.1) is 17.6 Å². The van der Waals surface area contributed by atoms with Gasteiger partial charge in [-0.05, 0) is 17.7 Å². The van der Waals surface area contributed by atoms with Crippen LogP contribution in [0.25, 0.3) is 11.0 Å². The Bertz CT molecular complexity index is 1060. The van der Waals surface area contributed by atoms with E-state index in [0.29, 0.717) is 27.2 Å². The number of rotatable bonds is 4. The van der Waals surface area contributed by atoms with Gasteiger partial charge in [0.15, 0.2) is 0 Å². The predicted octanol–water partition coefficient (Wildman–Crippen LogP) is 5.05. The molecular weight excluding hydrogens is 382 g/mol. The van der Waals surface area contributed by atoms with Gasteiger partial charge in [-0.15, -0.1) is 11.3 Å². The van der Waals surface area contributed by atoms with Gasteiger partial charge in [-0.25, -0.2) is 14.4 Å². The summed E-state index contributed by atoms with van der Waals surface area (Å²) in [4.78, 5) is 16.3. The van der Waals surface area contributed by atoms with Crippen LogP contribution in [0.5, 0.6) is 0 Å². The maximum atomic E-state index is 13.7. The summed E-state index contributed by atoms with van der Waals surface area (Å²) < 4.78 is 13.7. The largest absolute Gasteiger partial charge is 0.346 e. The van der Waals surface area contributed by atoms with E-state index in [1.165, 1.54) is 23.7 Å². The van der Waals surface area contributed by atoms with E-state index in [1.807, 2.05) is 12.3 Å². The van der Waals surface area contributed by atoms with Crippen LogP contribution in [-0.4, -0.2) is 19.9 Å². The maximum Gasteiger partial charge on any atom is 0.145 e. The number of aromatic nitrogens is 4. The minimum absolute atomic E-state index is 0.396. The minimum Gasteiger partial charge on any atom is -0.346 e. The third kappa shape index (κ3) is 3.38. The summed E-state index contributed by atoms with van der Waals surface area (Å²) in [6, 6.07) is 3.46. The number of fused-ring (bicyclic) bond motifs is 1. The van der Waals surface area contributed by atoms with Gasteiger partial charge >= 0.3 is 0 Å². The molecule has 4 rings (SSSR count). The zero-order chi connectivity index (χ0) is 17.4. The average molecular weight is 392 g/mol. The van der Waals surface area contributed by atoms with Crippen molar-refractivity contribution >= 4 is 45.6 Å². The first-order valence-electron chi connectivity index (χ1n) is 7.31. The molecule has 25 heavy (non-hydrogen) atoms. The Hall–Kier alpha value is -2.02. The van der Waals surface area contributed by atoms with Crippen molar-refractivity contribution < 1.29 is 4.39 Å². The molecule has 1 N–H and O–H groups in total. The quantitative estimate of drug-likeness (QED) is 0.529. The van der Waals surface area contributed by atoms with Gasteiger partial charge in [-0.1, -0.05) is 23.2 Å². The standard InChI is InChI=1S/C17H10Cl2FN4S/c18-11-5-12-10(6-22-17(12)23-7-11)3-14-16(19)24-15(25-14)4-9-1-2-21-8-13(9)20/h1-2,4-8H,3H2,(H,22,23). The first-order chi connectivity index (χ1) is 12.1. The monoisotopic (exact) mass is 391 g/mol. The van der Waals surface area contributed by atoms with Crippen molar-refractivity contribution in [3.8, 4) is 0 Å². The van der Waals surface area contributed by atoms with E-state index >= 15 is 0 Å². The molecule has 0 saturated heterocycles. The first-order valence-corrected chi connectivity index (χ1v) is 8.88. The molecule has 0 aliphatic carbocycles. The van der Waals surface area contributed by atoms with Gasteiger partial charge in [0.1, 0.15) is 21.6 Å². The van der Waals surface area contributed by atoms with Crippen LogP contribution in [0.4, 0.5) is 4.39 Å². The van der Waals surface area contributed by atoms with Crippen molar-refractivity contribution in [2.24, 2.45) is 0 Å². The van der Waals surface area contributed by atoms with Gasteiger partial charge in [0, 0.05) is 40.8 Å². The Morgan fingerprint density at radius 2 is 2.16 bits per heavy atom. The van der Waals surface area contributed by atoms with Crippen molar-refractivity contribution in [1.82, 2.24) is 19.9 Å². The summed E-state index contributed by atoms with van der Waals surface area (Å²) >= 11 is 13.7. The number of halogens is 3. The Balaban J connectivity index is 1.62. The van der Waals surface area contributed by atoms with Crippen LogP contribution < -0.4 is 0 Å². The van der Waals surface area contributed by atoms with Crippen molar-refractivity contribution in [2.45, 2.75) is 6.42 Å². The minimum atomic E-state index is -0.396. The summed E-state index contributed by atoms with van der Waals surface area (Å²) in [5.74, 6) is -0.396. The topological polar surface area (TPSA) is 54.5 Å². The lowest BCUT2D eigenvalue weighted by molar-refractivity contribution is 0.614. The van der Waals surface area contributed by atoms with E-state index < -0.39 is 5.82 Å². The fourth-order valence-corrected chi connectivity index (χ4v) is 3.92. The molecular formula is C17H10Cl2FN4S. The average Bonchev–Trinajstić information content (AvgIpc) is 3.14. The number of thiazole rings is 1. The molecule has 0 bridgehead atoms. The van der Waals surface area contributed by atoms with E-state index in [2.05, 4.69) is 19.9 Å². The van der Waals surface area contributed by atoms with E-state index in [-0.39, 0.29) is 0 Å². The van der Waals surface area contributed by atoms with E-state index in [1.54, 1.807) is 18.7 Å². The lowest BCUT2D eigenvalue weighted by atomic mass is 10.1. The van der Waals surface area contributed by atoms with Gasteiger partial charge < -0.3 is 4.98 Å². The maximum absolute atomic E-state index is 13.7. The molecule has 0 unspecified atom stereocenters. The lowest BCUT2D eigenvalue weighted by Crippen LogP contribution is -1.90. The van der Waals surface area contributed by atoms with Crippen LogP contribution in [0, 0.1) is 12.2 Å². The highest BCUT2D eigenvalue weighted by Gasteiger charge is 2.15. The van der Waals surface area contributed by atoms with Gasteiger partial charge in [-0.3, -0.25) is 4.98 Å². The van der Waals surface area contributed by atoms with Crippen LogP contribution >= 0.6 is 34.5 Å². The SMILES string of the molecule is Fc1cnccc1[CH]c1nc(Cl)c(Cc2c[nH]c3ncc(Cl)cc23)s1. The predicted molar refractivity (Wildman–Crippen MR) is 97.7 cm³/mol. The second-order valence-corrected chi connectivity index (χ2v) is 7.26. The molecule has 0 aliphatic rings. The molecule has 8 heteroatoms. The molecule has 4 aromatic rings. The molecule has 4 nitrogen and oxygen atoms in total. The molecule has 0 atom stereocenters. The molecule has 0 aliphatic heterocycles. The summed E-state index contributed by atoms with van der Waals surface area (Å²) in [7, 11) is 0. The van der Waals surface area contributed by atoms with Crippen LogP contribution in [0.15, 0.2) is 36.9 Å². The lowest BCUT2D eigenvalue weighted by Gasteiger charge is -1.98. The molecule has 0 spiro atoms. The first kappa shape index (κ1) is 16.4. The number of aromatic amines is 1. The molecule has 4 aromatic heterocycles. The molecule has 125 valence electrons. The molecule has 4 heterocycles. The fourth-order valence-electron chi connectivity index (χ4n) is 2.51. The van der Waals surface area contributed by atoms with Crippen molar-refractivity contribution in [1.29, 1.82) is 0 Å². The van der Waals surface area contributed by atoms with Gasteiger partial charge in [0.25, 0.3) is 0 Å². The third-order valence-corrected chi connectivity index (χ3v) is 5.32. The summed E-state index contributed by atoms with van der Waals surface area (Å²) in [6.07, 6.45) is 8.43. The van der Waals surface area contributed by atoms with E-state index in [9.17, 15) is 4.39 Å². The van der Waals surface area contributed by atoms with Crippen molar-refractivity contribution in [2.75, 3.05) is 0 Å².